The molecule has 4 rings (SSSR count). The Kier molecular flexibility index (Phi) is 4.76. The van der Waals surface area contributed by atoms with Crippen molar-refractivity contribution in [3.63, 3.8) is 0 Å². The molecule has 0 spiro atoms. The lowest BCUT2D eigenvalue weighted by Gasteiger charge is -2.13. The molecule has 0 aliphatic rings. The number of carbonyl (C=O) groups is 1. The quantitative estimate of drug-likeness (QED) is 0.580. The van der Waals surface area contributed by atoms with Gasteiger partial charge < -0.3 is 10.1 Å². The summed E-state index contributed by atoms with van der Waals surface area (Å²) in [5, 5.41) is 2.98. The van der Waals surface area contributed by atoms with Crippen LogP contribution in [0.2, 0.25) is 0 Å². The minimum atomic E-state index is -0.136. The van der Waals surface area contributed by atoms with Crippen molar-refractivity contribution >= 4 is 17.1 Å². The van der Waals surface area contributed by atoms with Gasteiger partial charge in [-0.1, -0.05) is 24.3 Å². The Morgan fingerprint density at radius 1 is 1.07 bits per heavy atom. The SMILES string of the molecule is COc1ccccc1CNC(=O)c1cccc(-n2cnc3cccnc32)c1C. The number of ether oxygens (including phenoxy) is 1. The smallest absolute Gasteiger partial charge is 0.251 e. The molecule has 0 radical (unpaired) electrons. The van der Waals surface area contributed by atoms with Crippen LogP contribution >= 0.6 is 0 Å². The van der Waals surface area contributed by atoms with Gasteiger partial charge in [0.2, 0.25) is 0 Å². The zero-order valence-corrected chi connectivity index (χ0v) is 15.7. The fourth-order valence-electron chi connectivity index (χ4n) is 3.28. The summed E-state index contributed by atoms with van der Waals surface area (Å²) in [6.45, 7) is 2.32. The fraction of sp³-hybridized carbons (Fsp3) is 0.136. The zero-order chi connectivity index (χ0) is 19.5. The van der Waals surface area contributed by atoms with Gasteiger partial charge >= 0.3 is 0 Å². The number of rotatable bonds is 5. The van der Waals surface area contributed by atoms with Gasteiger partial charge in [0.05, 0.1) is 12.8 Å². The van der Waals surface area contributed by atoms with Crippen molar-refractivity contribution in [3.05, 3.63) is 83.8 Å². The van der Waals surface area contributed by atoms with Crippen LogP contribution in [-0.2, 0) is 6.54 Å². The molecule has 6 heteroatoms. The number of amides is 1. The van der Waals surface area contributed by atoms with E-state index >= 15 is 0 Å². The molecule has 140 valence electrons. The van der Waals surface area contributed by atoms with Crippen molar-refractivity contribution in [2.45, 2.75) is 13.5 Å². The van der Waals surface area contributed by atoms with Crippen molar-refractivity contribution in [1.82, 2.24) is 19.9 Å². The predicted octanol–water partition coefficient (Wildman–Crippen LogP) is 3.67. The van der Waals surface area contributed by atoms with E-state index in [9.17, 15) is 4.79 Å². The Morgan fingerprint density at radius 3 is 2.79 bits per heavy atom. The highest BCUT2D eigenvalue weighted by molar-refractivity contribution is 5.96. The van der Waals surface area contributed by atoms with Crippen LogP contribution < -0.4 is 10.1 Å². The number of benzene rings is 2. The molecule has 0 aliphatic heterocycles. The highest BCUT2D eigenvalue weighted by atomic mass is 16.5. The Morgan fingerprint density at radius 2 is 1.93 bits per heavy atom. The number of para-hydroxylation sites is 1. The largest absolute Gasteiger partial charge is 0.496 e. The number of nitrogens with zero attached hydrogens (tertiary/aromatic N) is 3. The van der Waals surface area contributed by atoms with E-state index in [2.05, 4.69) is 15.3 Å². The van der Waals surface area contributed by atoms with Crippen LogP contribution in [0.25, 0.3) is 16.9 Å². The van der Waals surface area contributed by atoms with E-state index in [1.807, 2.05) is 66.1 Å². The normalized spacial score (nSPS) is 10.8. The number of aromatic nitrogens is 3. The predicted molar refractivity (Wildman–Crippen MR) is 108 cm³/mol. The molecule has 2 aromatic carbocycles. The molecule has 0 aliphatic carbocycles. The summed E-state index contributed by atoms with van der Waals surface area (Å²) in [6, 6.07) is 17.1. The van der Waals surface area contributed by atoms with Gasteiger partial charge in [0, 0.05) is 23.9 Å². The summed E-state index contributed by atoms with van der Waals surface area (Å²) in [6.07, 6.45) is 3.47. The van der Waals surface area contributed by atoms with Gasteiger partial charge in [-0.25, -0.2) is 9.97 Å². The van der Waals surface area contributed by atoms with Crippen LogP contribution in [0.15, 0.2) is 67.1 Å². The number of pyridine rings is 1. The van der Waals surface area contributed by atoms with Crippen molar-refractivity contribution in [2.75, 3.05) is 7.11 Å². The first-order valence-electron chi connectivity index (χ1n) is 8.97. The molecule has 0 bridgehead atoms. The van der Waals surface area contributed by atoms with E-state index in [1.54, 1.807) is 19.6 Å². The van der Waals surface area contributed by atoms with E-state index in [1.165, 1.54) is 0 Å². The maximum absolute atomic E-state index is 12.8. The van der Waals surface area contributed by atoms with Gasteiger partial charge in [-0.3, -0.25) is 9.36 Å². The number of imidazole rings is 1. The molecule has 2 heterocycles. The Balaban J connectivity index is 1.62. The highest BCUT2D eigenvalue weighted by Gasteiger charge is 2.15. The first-order chi connectivity index (χ1) is 13.7. The van der Waals surface area contributed by atoms with E-state index in [0.717, 1.165) is 33.7 Å². The summed E-state index contributed by atoms with van der Waals surface area (Å²) >= 11 is 0. The number of methoxy groups -OCH3 is 1. The van der Waals surface area contributed by atoms with Crippen molar-refractivity contribution in [3.8, 4) is 11.4 Å². The third kappa shape index (κ3) is 3.20. The number of nitrogens with one attached hydrogen (secondary N) is 1. The second-order valence-corrected chi connectivity index (χ2v) is 6.40. The van der Waals surface area contributed by atoms with Crippen LogP contribution in [0.3, 0.4) is 0 Å². The molecule has 0 unspecified atom stereocenters. The van der Waals surface area contributed by atoms with Gasteiger partial charge in [0.1, 0.15) is 17.6 Å². The van der Waals surface area contributed by atoms with E-state index in [4.69, 9.17) is 4.74 Å². The molecule has 2 aromatic heterocycles. The van der Waals surface area contributed by atoms with Gasteiger partial charge in [-0.2, -0.15) is 0 Å². The van der Waals surface area contributed by atoms with Crippen LogP contribution in [0, 0.1) is 6.92 Å². The maximum atomic E-state index is 12.8. The monoisotopic (exact) mass is 372 g/mol. The molecule has 6 nitrogen and oxygen atoms in total. The van der Waals surface area contributed by atoms with Crippen LogP contribution in [0.4, 0.5) is 0 Å². The molecule has 1 N–H and O–H groups in total. The first kappa shape index (κ1) is 17.7. The second kappa shape index (κ2) is 7.52. The standard InChI is InChI=1S/C22H20N4O2/c1-15-17(22(27)24-13-16-7-3-4-11-20(16)28-2)8-5-10-19(15)26-14-25-18-9-6-12-23-21(18)26/h3-12,14H,13H2,1-2H3,(H,24,27). The molecule has 1 amide bonds. The summed E-state index contributed by atoms with van der Waals surface area (Å²) in [5.41, 5.74) is 4.86. The van der Waals surface area contributed by atoms with E-state index in [-0.39, 0.29) is 5.91 Å². The van der Waals surface area contributed by atoms with Crippen LogP contribution in [0.5, 0.6) is 5.75 Å². The van der Waals surface area contributed by atoms with Gasteiger partial charge in [-0.15, -0.1) is 0 Å². The Bertz CT molecular complexity index is 1150. The van der Waals surface area contributed by atoms with Gasteiger partial charge in [0.15, 0.2) is 5.65 Å². The summed E-state index contributed by atoms with van der Waals surface area (Å²) < 4.78 is 7.25. The average Bonchev–Trinajstić information content (AvgIpc) is 3.16. The maximum Gasteiger partial charge on any atom is 0.251 e. The summed E-state index contributed by atoms with van der Waals surface area (Å²) in [4.78, 5) is 21.6. The topological polar surface area (TPSA) is 69.0 Å². The Labute approximate surface area is 162 Å². The molecule has 28 heavy (non-hydrogen) atoms. The first-order valence-corrected chi connectivity index (χ1v) is 8.97. The Hall–Kier alpha value is -3.67. The fourth-order valence-corrected chi connectivity index (χ4v) is 3.28. The lowest BCUT2D eigenvalue weighted by Crippen LogP contribution is -2.24. The molecule has 0 fully saturated rings. The highest BCUT2D eigenvalue weighted by Crippen LogP contribution is 2.22. The minimum Gasteiger partial charge on any atom is -0.496 e. The van der Waals surface area contributed by atoms with Crippen LogP contribution in [0.1, 0.15) is 21.5 Å². The van der Waals surface area contributed by atoms with Crippen LogP contribution in [-0.4, -0.2) is 27.6 Å². The number of carbonyl (C=O) groups excluding carboxylic acids is 1. The molecule has 0 atom stereocenters. The number of hydrogen-bond acceptors (Lipinski definition) is 4. The zero-order valence-electron chi connectivity index (χ0n) is 15.7. The summed E-state index contributed by atoms with van der Waals surface area (Å²) in [7, 11) is 1.62. The summed E-state index contributed by atoms with van der Waals surface area (Å²) in [5.74, 6) is 0.617. The third-order valence-corrected chi connectivity index (χ3v) is 4.75. The third-order valence-electron chi connectivity index (χ3n) is 4.75. The second-order valence-electron chi connectivity index (χ2n) is 6.40. The lowest BCUT2D eigenvalue weighted by molar-refractivity contribution is 0.0950. The van der Waals surface area contributed by atoms with E-state index in [0.29, 0.717) is 12.1 Å². The number of hydrogen-bond donors (Lipinski definition) is 1. The lowest BCUT2D eigenvalue weighted by atomic mass is 10.1. The number of fused-ring (bicyclic) bond motifs is 1. The van der Waals surface area contributed by atoms with Gasteiger partial charge in [0.25, 0.3) is 5.91 Å². The van der Waals surface area contributed by atoms with Crippen molar-refractivity contribution < 1.29 is 9.53 Å². The molecule has 4 aromatic rings. The minimum absolute atomic E-state index is 0.136. The van der Waals surface area contributed by atoms with E-state index < -0.39 is 0 Å². The molecule has 0 saturated heterocycles. The van der Waals surface area contributed by atoms with Crippen molar-refractivity contribution in [1.29, 1.82) is 0 Å². The molecule has 0 saturated carbocycles. The van der Waals surface area contributed by atoms with Gasteiger partial charge in [-0.05, 0) is 42.8 Å². The van der Waals surface area contributed by atoms with Crippen molar-refractivity contribution in [2.24, 2.45) is 0 Å². The molecular formula is C22H20N4O2. The molecular weight excluding hydrogens is 352 g/mol. The average molecular weight is 372 g/mol.